The molecule has 0 unspecified atom stereocenters. The molecule has 0 saturated carbocycles. The van der Waals surface area contributed by atoms with Crippen LogP contribution in [0.3, 0.4) is 0 Å². The largest absolute Gasteiger partial charge is 0.366 e. The highest BCUT2D eigenvalue weighted by Gasteiger charge is 1.99. The van der Waals surface area contributed by atoms with Crippen LogP contribution in [-0.4, -0.2) is 64.8 Å². The van der Waals surface area contributed by atoms with Crippen molar-refractivity contribution in [1.29, 1.82) is 0 Å². The predicted octanol–water partition coefficient (Wildman–Crippen LogP) is 8.67. The van der Waals surface area contributed by atoms with Crippen LogP contribution in [-0.2, 0) is 9.47 Å². The fraction of sp³-hybridized carbons (Fsp3) is 1.00. The van der Waals surface area contributed by atoms with Gasteiger partial charge < -0.3 is 14.4 Å². The summed E-state index contributed by atoms with van der Waals surface area (Å²) in [6, 6.07) is 0. The lowest BCUT2D eigenvalue weighted by atomic mass is 10.1. The molecule has 0 spiro atoms. The fourth-order valence-corrected chi connectivity index (χ4v) is 4.82. The zero-order valence-corrected chi connectivity index (χ0v) is 26.5. The van der Waals surface area contributed by atoms with Crippen LogP contribution in [0, 0.1) is 0 Å². The second-order valence-electron chi connectivity index (χ2n) is 11.5. The van der Waals surface area contributed by atoms with Crippen LogP contribution in [0.15, 0.2) is 0 Å². The molecule has 0 aliphatic carbocycles. The van der Waals surface area contributed by atoms with Crippen molar-refractivity contribution in [2.75, 3.05) is 59.9 Å². The average molecular weight is 542 g/mol. The van der Waals surface area contributed by atoms with Gasteiger partial charge in [0.15, 0.2) is 0 Å². The van der Waals surface area contributed by atoms with E-state index >= 15 is 0 Å². The van der Waals surface area contributed by atoms with Gasteiger partial charge in [-0.3, -0.25) is 10.6 Å². The van der Waals surface area contributed by atoms with E-state index in [0.29, 0.717) is 13.5 Å². The standard InChI is InChI=1S/C33H71N3O2/c1-4-6-8-10-12-14-16-18-20-22-24-30-37-32-34-26-28-36(3)29-27-35-33-38-31-25-23-21-19-17-15-13-11-9-7-5-2/h34-35H,4-33H2,1-3H3. The second-order valence-corrected chi connectivity index (χ2v) is 11.5. The van der Waals surface area contributed by atoms with Crippen LogP contribution in [0.4, 0.5) is 0 Å². The van der Waals surface area contributed by atoms with Gasteiger partial charge in [0.2, 0.25) is 0 Å². The smallest absolute Gasteiger partial charge is 0.0965 e. The van der Waals surface area contributed by atoms with E-state index in [2.05, 4.69) is 36.4 Å². The van der Waals surface area contributed by atoms with Gasteiger partial charge in [-0.15, -0.1) is 0 Å². The Labute approximate surface area is 240 Å². The number of nitrogens with zero attached hydrogens (tertiary/aromatic N) is 1. The van der Waals surface area contributed by atoms with Crippen LogP contribution in [0.25, 0.3) is 0 Å². The summed E-state index contributed by atoms with van der Waals surface area (Å²) in [4.78, 5) is 2.35. The molecule has 5 heteroatoms. The maximum Gasteiger partial charge on any atom is 0.0965 e. The van der Waals surface area contributed by atoms with Gasteiger partial charge in [-0.25, -0.2) is 0 Å². The van der Waals surface area contributed by atoms with Crippen molar-refractivity contribution >= 4 is 0 Å². The Morgan fingerprint density at radius 2 is 0.711 bits per heavy atom. The van der Waals surface area contributed by atoms with E-state index in [1.54, 1.807) is 0 Å². The summed E-state index contributed by atoms with van der Waals surface area (Å²) in [5.74, 6) is 0. The van der Waals surface area contributed by atoms with E-state index in [1.165, 1.54) is 141 Å². The monoisotopic (exact) mass is 542 g/mol. The minimum absolute atomic E-state index is 0.677. The highest BCUT2D eigenvalue weighted by atomic mass is 16.5. The zero-order chi connectivity index (χ0) is 27.6. The van der Waals surface area contributed by atoms with E-state index in [-0.39, 0.29) is 0 Å². The lowest BCUT2D eigenvalue weighted by molar-refractivity contribution is 0.107. The van der Waals surface area contributed by atoms with Crippen molar-refractivity contribution in [2.45, 2.75) is 155 Å². The highest BCUT2D eigenvalue weighted by molar-refractivity contribution is 4.55. The second kappa shape index (κ2) is 34.8. The van der Waals surface area contributed by atoms with Crippen LogP contribution in [0.1, 0.15) is 155 Å². The Bertz CT molecular complexity index is 376. The summed E-state index contributed by atoms with van der Waals surface area (Å²) in [7, 11) is 2.18. The van der Waals surface area contributed by atoms with Crippen molar-refractivity contribution < 1.29 is 9.47 Å². The molecule has 38 heavy (non-hydrogen) atoms. The minimum Gasteiger partial charge on any atom is -0.366 e. The Morgan fingerprint density at radius 3 is 1.03 bits per heavy atom. The quantitative estimate of drug-likeness (QED) is 0.0630. The molecule has 0 aromatic rings. The number of ether oxygens (including phenoxy) is 2. The SMILES string of the molecule is CCCCCCCCCCCCCOCNCCN(C)CCNCOCCCCCCCCCCCCC. The van der Waals surface area contributed by atoms with Gasteiger partial charge in [-0.05, 0) is 19.9 Å². The number of likely N-dealkylation sites (N-methyl/N-ethyl adjacent to an activating group) is 1. The fourth-order valence-electron chi connectivity index (χ4n) is 4.82. The normalized spacial score (nSPS) is 11.7. The van der Waals surface area contributed by atoms with E-state index in [1.807, 2.05) is 0 Å². The predicted molar refractivity (Wildman–Crippen MR) is 168 cm³/mol. The van der Waals surface area contributed by atoms with Crippen LogP contribution in [0.5, 0.6) is 0 Å². The molecular formula is C33H71N3O2. The summed E-state index contributed by atoms with van der Waals surface area (Å²) in [5.41, 5.74) is 0. The number of hydrogen-bond acceptors (Lipinski definition) is 5. The van der Waals surface area contributed by atoms with Gasteiger partial charge in [0.1, 0.15) is 0 Å². The Hall–Kier alpha value is -0.200. The molecule has 230 valence electrons. The third-order valence-electron chi connectivity index (χ3n) is 7.53. The van der Waals surface area contributed by atoms with Gasteiger partial charge in [0, 0.05) is 39.4 Å². The molecular weight excluding hydrogens is 470 g/mol. The van der Waals surface area contributed by atoms with E-state index in [0.717, 1.165) is 39.4 Å². The van der Waals surface area contributed by atoms with E-state index < -0.39 is 0 Å². The minimum atomic E-state index is 0.677. The lowest BCUT2D eigenvalue weighted by Gasteiger charge is -2.17. The molecule has 0 fully saturated rings. The molecule has 2 N–H and O–H groups in total. The summed E-state index contributed by atoms with van der Waals surface area (Å²) < 4.78 is 11.5. The molecule has 0 aliphatic rings. The van der Waals surface area contributed by atoms with Crippen LogP contribution in [0.2, 0.25) is 0 Å². The molecule has 0 aromatic carbocycles. The van der Waals surface area contributed by atoms with Crippen LogP contribution >= 0.6 is 0 Å². The summed E-state index contributed by atoms with van der Waals surface area (Å²) in [6.45, 7) is 11.8. The number of unbranched alkanes of at least 4 members (excludes halogenated alkanes) is 20. The number of rotatable bonds is 34. The molecule has 0 rings (SSSR count). The van der Waals surface area contributed by atoms with Crippen LogP contribution < -0.4 is 10.6 Å². The Balaban J connectivity index is 3.13. The van der Waals surface area contributed by atoms with E-state index in [4.69, 9.17) is 9.47 Å². The summed E-state index contributed by atoms with van der Waals surface area (Å²) in [5, 5.41) is 6.81. The first-order chi connectivity index (χ1) is 18.8. The van der Waals surface area contributed by atoms with Crippen molar-refractivity contribution in [2.24, 2.45) is 0 Å². The van der Waals surface area contributed by atoms with Gasteiger partial charge in [0.25, 0.3) is 0 Å². The van der Waals surface area contributed by atoms with Crippen molar-refractivity contribution in [3.05, 3.63) is 0 Å². The van der Waals surface area contributed by atoms with E-state index in [9.17, 15) is 0 Å². The molecule has 0 amide bonds. The third-order valence-corrected chi connectivity index (χ3v) is 7.53. The number of nitrogens with one attached hydrogen (secondary N) is 2. The lowest BCUT2D eigenvalue weighted by Crippen LogP contribution is -2.35. The molecule has 0 bridgehead atoms. The van der Waals surface area contributed by atoms with Crippen molar-refractivity contribution in [3.8, 4) is 0 Å². The topological polar surface area (TPSA) is 45.8 Å². The molecule has 0 aliphatic heterocycles. The summed E-state index contributed by atoms with van der Waals surface area (Å²) >= 11 is 0. The van der Waals surface area contributed by atoms with Gasteiger partial charge in [0.05, 0.1) is 13.5 Å². The number of hydrogen-bond donors (Lipinski definition) is 2. The molecule has 0 atom stereocenters. The van der Waals surface area contributed by atoms with Gasteiger partial charge in [-0.1, -0.05) is 142 Å². The zero-order valence-electron chi connectivity index (χ0n) is 26.5. The first-order valence-electron chi connectivity index (χ1n) is 17.1. The Kier molecular flexibility index (Phi) is 34.6. The van der Waals surface area contributed by atoms with Crippen molar-refractivity contribution in [1.82, 2.24) is 15.5 Å². The first kappa shape index (κ1) is 37.8. The van der Waals surface area contributed by atoms with Gasteiger partial charge in [-0.2, -0.15) is 0 Å². The van der Waals surface area contributed by atoms with Crippen molar-refractivity contribution in [3.63, 3.8) is 0 Å². The third kappa shape index (κ3) is 33.8. The van der Waals surface area contributed by atoms with Gasteiger partial charge >= 0.3 is 0 Å². The summed E-state index contributed by atoms with van der Waals surface area (Å²) in [6.07, 6.45) is 30.4. The molecule has 0 saturated heterocycles. The molecule has 0 aromatic heterocycles. The first-order valence-corrected chi connectivity index (χ1v) is 17.1. The highest BCUT2D eigenvalue weighted by Crippen LogP contribution is 2.12. The molecule has 0 radical (unpaired) electrons. The average Bonchev–Trinajstić information content (AvgIpc) is 2.92. The Morgan fingerprint density at radius 1 is 0.421 bits per heavy atom. The maximum atomic E-state index is 5.73. The molecule has 0 heterocycles. The maximum absolute atomic E-state index is 5.73. The molecule has 5 nitrogen and oxygen atoms in total.